The molecular formula is C16H25N3O. The molecule has 1 aromatic rings. The zero-order valence-corrected chi connectivity index (χ0v) is 12.3. The first-order valence-corrected chi connectivity index (χ1v) is 8.02. The molecule has 1 heterocycles. The van der Waals surface area contributed by atoms with Gasteiger partial charge < -0.3 is 10.5 Å². The molecule has 4 heteroatoms. The maximum atomic E-state index is 6.62. The minimum atomic E-state index is 0.0138. The molecule has 0 aromatic carbocycles. The normalized spacial score (nSPS) is 40.2. The van der Waals surface area contributed by atoms with E-state index in [1.165, 1.54) is 38.5 Å². The number of hydrogen-bond donors (Lipinski definition) is 1. The summed E-state index contributed by atoms with van der Waals surface area (Å²) in [7, 11) is 1.95. The summed E-state index contributed by atoms with van der Waals surface area (Å²) in [5, 5.41) is 4.26. The van der Waals surface area contributed by atoms with Gasteiger partial charge in [0.1, 0.15) is 0 Å². The van der Waals surface area contributed by atoms with Gasteiger partial charge in [-0.3, -0.25) is 4.68 Å². The summed E-state index contributed by atoms with van der Waals surface area (Å²) >= 11 is 0. The molecule has 1 atom stereocenters. The maximum absolute atomic E-state index is 6.62. The van der Waals surface area contributed by atoms with Crippen LogP contribution in [0.3, 0.4) is 0 Å². The van der Waals surface area contributed by atoms with Crippen molar-refractivity contribution in [2.75, 3.05) is 6.54 Å². The average Bonchev–Trinajstić information content (AvgIpc) is 2.81. The summed E-state index contributed by atoms with van der Waals surface area (Å²) in [6.45, 7) is 0.549. The second-order valence-corrected chi connectivity index (χ2v) is 7.39. The summed E-state index contributed by atoms with van der Waals surface area (Å²) in [4.78, 5) is 0. The van der Waals surface area contributed by atoms with E-state index in [1.807, 2.05) is 24.1 Å². The molecule has 0 aliphatic heterocycles. The van der Waals surface area contributed by atoms with E-state index >= 15 is 0 Å². The molecule has 0 radical (unpaired) electrons. The number of nitrogens with two attached hydrogens (primary N) is 1. The van der Waals surface area contributed by atoms with Crippen LogP contribution in [0.15, 0.2) is 12.4 Å². The molecule has 4 aliphatic rings. The Morgan fingerprint density at radius 2 is 1.90 bits per heavy atom. The monoisotopic (exact) mass is 275 g/mol. The molecule has 0 saturated heterocycles. The molecule has 0 amide bonds. The predicted molar refractivity (Wildman–Crippen MR) is 77.0 cm³/mol. The Balaban J connectivity index is 1.55. The Morgan fingerprint density at radius 3 is 2.35 bits per heavy atom. The zero-order chi connectivity index (χ0) is 13.7. The van der Waals surface area contributed by atoms with Crippen LogP contribution in [0.4, 0.5) is 0 Å². The van der Waals surface area contributed by atoms with Crippen LogP contribution < -0.4 is 5.73 Å². The van der Waals surface area contributed by atoms with E-state index in [1.54, 1.807) is 0 Å². The van der Waals surface area contributed by atoms with Crippen molar-refractivity contribution in [2.45, 2.75) is 50.2 Å². The molecule has 4 aliphatic carbocycles. The van der Waals surface area contributed by atoms with Crippen LogP contribution in [-0.4, -0.2) is 21.9 Å². The van der Waals surface area contributed by atoms with E-state index in [2.05, 4.69) is 5.10 Å². The van der Waals surface area contributed by atoms with Crippen LogP contribution in [0.5, 0.6) is 0 Å². The standard InChI is InChI=1S/C16H25N3O/c1-19-10-14(9-18-19)15(8-17)20-16-5-11-2-12(6-16)4-13(3-11)7-16/h9-13,15H,2-8,17H2,1H3. The van der Waals surface area contributed by atoms with Crippen molar-refractivity contribution in [3.63, 3.8) is 0 Å². The number of aryl methyl sites for hydroxylation is 1. The van der Waals surface area contributed by atoms with Crippen LogP contribution in [0.1, 0.15) is 50.2 Å². The molecule has 0 spiro atoms. The first kappa shape index (κ1) is 12.8. The van der Waals surface area contributed by atoms with Gasteiger partial charge in [-0.2, -0.15) is 5.10 Å². The van der Waals surface area contributed by atoms with Gasteiger partial charge in [-0.15, -0.1) is 0 Å². The van der Waals surface area contributed by atoms with E-state index in [4.69, 9.17) is 10.5 Å². The summed E-state index contributed by atoms with van der Waals surface area (Å²) in [5.74, 6) is 2.73. The van der Waals surface area contributed by atoms with E-state index in [-0.39, 0.29) is 11.7 Å². The van der Waals surface area contributed by atoms with Gasteiger partial charge in [0, 0.05) is 25.4 Å². The van der Waals surface area contributed by atoms with E-state index in [0.717, 1.165) is 23.3 Å². The Labute approximate surface area is 120 Å². The number of ether oxygens (including phenoxy) is 1. The van der Waals surface area contributed by atoms with Crippen LogP contribution in [0, 0.1) is 17.8 Å². The van der Waals surface area contributed by atoms with Crippen LogP contribution in [0.2, 0.25) is 0 Å². The molecule has 1 aromatic heterocycles. The summed E-state index contributed by atoms with van der Waals surface area (Å²) in [5.41, 5.74) is 7.23. The fraction of sp³-hybridized carbons (Fsp3) is 0.812. The highest BCUT2D eigenvalue weighted by Gasteiger charge is 2.52. The number of aromatic nitrogens is 2. The van der Waals surface area contributed by atoms with Gasteiger partial charge in [-0.25, -0.2) is 0 Å². The van der Waals surface area contributed by atoms with Gasteiger partial charge in [0.15, 0.2) is 0 Å². The fourth-order valence-electron chi connectivity index (χ4n) is 5.34. The highest BCUT2D eigenvalue weighted by atomic mass is 16.5. The second-order valence-electron chi connectivity index (χ2n) is 7.39. The highest BCUT2D eigenvalue weighted by molar-refractivity contribution is 5.11. The molecule has 4 bridgehead atoms. The smallest absolute Gasteiger partial charge is 0.0984 e. The SMILES string of the molecule is Cn1cc(C(CN)OC23CC4CC(CC(C4)C2)C3)cn1. The van der Waals surface area contributed by atoms with Crippen molar-refractivity contribution in [3.05, 3.63) is 18.0 Å². The molecular weight excluding hydrogens is 250 g/mol. The first-order valence-electron chi connectivity index (χ1n) is 8.02. The largest absolute Gasteiger partial charge is 0.366 e. The topological polar surface area (TPSA) is 53.1 Å². The highest BCUT2D eigenvalue weighted by Crippen LogP contribution is 2.58. The Bertz CT molecular complexity index is 460. The number of hydrogen-bond acceptors (Lipinski definition) is 3. The minimum Gasteiger partial charge on any atom is -0.366 e. The quantitative estimate of drug-likeness (QED) is 0.918. The average molecular weight is 275 g/mol. The lowest BCUT2D eigenvalue weighted by Crippen LogP contribution is -2.52. The predicted octanol–water partition coefficient (Wildman–Crippen LogP) is 2.41. The second kappa shape index (κ2) is 4.57. The molecule has 110 valence electrons. The zero-order valence-electron chi connectivity index (χ0n) is 12.3. The lowest BCUT2D eigenvalue weighted by Gasteiger charge is -2.57. The van der Waals surface area contributed by atoms with Crippen molar-refractivity contribution in [1.29, 1.82) is 0 Å². The van der Waals surface area contributed by atoms with E-state index in [9.17, 15) is 0 Å². The van der Waals surface area contributed by atoms with Gasteiger partial charge >= 0.3 is 0 Å². The van der Waals surface area contributed by atoms with Gasteiger partial charge in [0.25, 0.3) is 0 Å². The molecule has 4 nitrogen and oxygen atoms in total. The van der Waals surface area contributed by atoms with Gasteiger partial charge in [0.05, 0.1) is 17.9 Å². The molecule has 2 N–H and O–H groups in total. The van der Waals surface area contributed by atoms with Crippen LogP contribution in [-0.2, 0) is 11.8 Å². The summed E-state index contributed by atoms with van der Waals surface area (Å²) in [6.07, 6.45) is 12.1. The van der Waals surface area contributed by atoms with Gasteiger partial charge in [-0.05, 0) is 56.3 Å². The number of rotatable bonds is 4. The molecule has 5 rings (SSSR count). The Morgan fingerprint density at radius 1 is 1.30 bits per heavy atom. The lowest BCUT2D eigenvalue weighted by molar-refractivity contribution is -0.187. The first-order chi connectivity index (χ1) is 9.66. The molecule has 1 unspecified atom stereocenters. The Hall–Kier alpha value is -0.870. The summed E-state index contributed by atoms with van der Waals surface area (Å²) in [6, 6.07) is 0. The lowest BCUT2D eigenvalue weighted by atomic mass is 9.54. The van der Waals surface area contributed by atoms with Crippen molar-refractivity contribution in [2.24, 2.45) is 30.5 Å². The van der Waals surface area contributed by atoms with Crippen LogP contribution >= 0.6 is 0 Å². The van der Waals surface area contributed by atoms with Crippen molar-refractivity contribution in [1.82, 2.24) is 9.78 Å². The number of nitrogens with zero attached hydrogens (tertiary/aromatic N) is 2. The van der Waals surface area contributed by atoms with Crippen molar-refractivity contribution >= 4 is 0 Å². The van der Waals surface area contributed by atoms with Crippen molar-refractivity contribution in [3.8, 4) is 0 Å². The van der Waals surface area contributed by atoms with Gasteiger partial charge in [-0.1, -0.05) is 0 Å². The van der Waals surface area contributed by atoms with Crippen molar-refractivity contribution < 1.29 is 4.74 Å². The molecule has 20 heavy (non-hydrogen) atoms. The third-order valence-electron chi connectivity index (χ3n) is 5.69. The molecule has 4 saturated carbocycles. The van der Waals surface area contributed by atoms with E-state index < -0.39 is 0 Å². The maximum Gasteiger partial charge on any atom is 0.0984 e. The van der Waals surface area contributed by atoms with Gasteiger partial charge in [0.2, 0.25) is 0 Å². The summed E-state index contributed by atoms with van der Waals surface area (Å²) < 4.78 is 8.46. The third kappa shape index (κ3) is 2.09. The fourth-order valence-corrected chi connectivity index (χ4v) is 5.34. The Kier molecular flexibility index (Phi) is 2.93. The minimum absolute atomic E-state index is 0.0138. The third-order valence-corrected chi connectivity index (χ3v) is 5.69. The van der Waals surface area contributed by atoms with Crippen LogP contribution in [0.25, 0.3) is 0 Å². The molecule has 4 fully saturated rings. The van der Waals surface area contributed by atoms with E-state index in [0.29, 0.717) is 6.54 Å².